The Morgan fingerprint density at radius 3 is 2.71 bits per heavy atom. The number of aromatic carboxylic acids is 1. The second-order valence-corrected chi connectivity index (χ2v) is 6.72. The molecule has 0 aliphatic carbocycles. The van der Waals surface area contributed by atoms with Gasteiger partial charge in [-0.05, 0) is 38.0 Å². The molecule has 3 N–H and O–H groups in total. The van der Waals surface area contributed by atoms with Gasteiger partial charge in [-0.1, -0.05) is 6.42 Å². The van der Waals surface area contributed by atoms with Gasteiger partial charge in [0.25, 0.3) is 0 Å². The molecule has 1 unspecified atom stereocenters. The molecule has 1 heterocycles. The van der Waals surface area contributed by atoms with E-state index in [4.69, 9.17) is 5.11 Å². The highest BCUT2D eigenvalue weighted by atomic mass is 32.2. The van der Waals surface area contributed by atoms with Gasteiger partial charge in [0.2, 0.25) is 0 Å². The maximum absolute atomic E-state index is 12.4. The Kier molecular flexibility index (Phi) is 4.38. The maximum Gasteiger partial charge on any atom is 0.335 e. The molecule has 0 amide bonds. The number of phenolic OH excluding ortho intramolecular Hbond substituents is 1. The first-order valence-electron chi connectivity index (χ1n) is 6.67. The first-order valence-corrected chi connectivity index (χ1v) is 8.11. The summed E-state index contributed by atoms with van der Waals surface area (Å²) in [5.74, 6) is -1.50. The summed E-state index contributed by atoms with van der Waals surface area (Å²) in [5, 5.41) is 18.6. The van der Waals surface area contributed by atoms with E-state index in [-0.39, 0.29) is 23.0 Å². The van der Waals surface area contributed by atoms with E-state index in [0.29, 0.717) is 6.54 Å². The number of carboxylic acids is 1. The van der Waals surface area contributed by atoms with Crippen molar-refractivity contribution in [2.45, 2.75) is 32.2 Å². The van der Waals surface area contributed by atoms with Gasteiger partial charge in [0, 0.05) is 12.6 Å². The number of anilines is 1. The Balaban J connectivity index is 2.27. The topological polar surface area (TPSA) is 107 Å². The fraction of sp³-hybridized carbons (Fsp3) is 0.462. The molecule has 0 saturated carbocycles. The van der Waals surface area contributed by atoms with E-state index < -0.39 is 16.2 Å². The number of nitrogens with zero attached hydrogens (tertiary/aromatic N) is 1. The summed E-state index contributed by atoms with van der Waals surface area (Å²) < 4.78 is 28.3. The van der Waals surface area contributed by atoms with Crippen molar-refractivity contribution in [1.82, 2.24) is 4.31 Å². The van der Waals surface area contributed by atoms with Crippen molar-refractivity contribution in [2.24, 2.45) is 0 Å². The molecule has 0 aromatic heterocycles. The molecular weight excluding hydrogens is 296 g/mol. The number of phenols is 1. The van der Waals surface area contributed by atoms with Crippen LogP contribution < -0.4 is 4.72 Å². The van der Waals surface area contributed by atoms with Gasteiger partial charge in [0.1, 0.15) is 5.75 Å². The summed E-state index contributed by atoms with van der Waals surface area (Å²) in [6, 6.07) is 3.34. The molecule has 1 aromatic carbocycles. The molecule has 21 heavy (non-hydrogen) atoms. The van der Waals surface area contributed by atoms with Crippen molar-refractivity contribution in [1.29, 1.82) is 0 Å². The van der Waals surface area contributed by atoms with Crippen molar-refractivity contribution >= 4 is 21.9 Å². The van der Waals surface area contributed by atoms with Crippen LogP contribution in [0.15, 0.2) is 18.2 Å². The smallest absolute Gasteiger partial charge is 0.335 e. The molecule has 116 valence electrons. The number of nitrogens with one attached hydrogen (secondary N) is 1. The molecule has 1 aliphatic rings. The molecule has 1 atom stereocenters. The standard InChI is InChI=1S/C13H18N2O5S/c1-9-4-2-3-7-15(9)21(19,20)14-11-8-10(13(17)18)5-6-12(11)16/h5-6,8-9,14,16H,2-4,7H2,1H3,(H,17,18). The molecule has 2 rings (SSSR count). The average molecular weight is 314 g/mol. The van der Waals surface area contributed by atoms with Crippen LogP contribution in [0, 0.1) is 0 Å². The SMILES string of the molecule is CC1CCCCN1S(=O)(=O)Nc1cc(C(=O)O)ccc1O. The highest BCUT2D eigenvalue weighted by molar-refractivity contribution is 7.90. The third kappa shape index (κ3) is 3.45. The van der Waals surface area contributed by atoms with Gasteiger partial charge in [-0.25, -0.2) is 4.79 Å². The fourth-order valence-electron chi connectivity index (χ4n) is 2.38. The summed E-state index contributed by atoms with van der Waals surface area (Å²) in [6.45, 7) is 2.24. The molecule has 8 heteroatoms. The van der Waals surface area contributed by atoms with Crippen LogP contribution in [-0.2, 0) is 10.2 Å². The second kappa shape index (κ2) is 5.90. The molecule has 7 nitrogen and oxygen atoms in total. The van der Waals surface area contributed by atoms with Gasteiger partial charge in [-0.3, -0.25) is 4.72 Å². The molecule has 0 spiro atoms. The molecule has 1 aliphatic heterocycles. The van der Waals surface area contributed by atoms with E-state index in [2.05, 4.69) is 4.72 Å². The highest BCUT2D eigenvalue weighted by Gasteiger charge is 2.30. The predicted molar refractivity (Wildman–Crippen MR) is 77.6 cm³/mol. The third-order valence-electron chi connectivity index (χ3n) is 3.53. The van der Waals surface area contributed by atoms with E-state index in [1.807, 2.05) is 6.92 Å². The number of carboxylic acid groups (broad SMARTS) is 1. The van der Waals surface area contributed by atoms with Crippen LogP contribution in [-0.4, -0.2) is 41.5 Å². The second-order valence-electron chi connectivity index (χ2n) is 5.10. The van der Waals surface area contributed by atoms with Crippen molar-refractivity contribution < 1.29 is 23.4 Å². The number of hydrogen-bond donors (Lipinski definition) is 3. The summed E-state index contributed by atoms with van der Waals surface area (Å²) in [6.07, 6.45) is 2.54. The minimum absolute atomic E-state index is 0.0998. The Bertz CT molecular complexity index is 644. The van der Waals surface area contributed by atoms with Crippen LogP contribution in [0.25, 0.3) is 0 Å². The fourth-order valence-corrected chi connectivity index (χ4v) is 3.88. The van der Waals surface area contributed by atoms with E-state index in [1.165, 1.54) is 10.4 Å². The summed E-state index contributed by atoms with van der Waals surface area (Å²) >= 11 is 0. The van der Waals surface area contributed by atoms with Crippen LogP contribution in [0.3, 0.4) is 0 Å². The Hall–Kier alpha value is -1.80. The Labute approximate surface area is 123 Å². The number of carbonyl (C=O) groups is 1. The van der Waals surface area contributed by atoms with Gasteiger partial charge in [-0.2, -0.15) is 12.7 Å². The average Bonchev–Trinajstić information content (AvgIpc) is 2.41. The van der Waals surface area contributed by atoms with E-state index in [0.717, 1.165) is 31.4 Å². The minimum Gasteiger partial charge on any atom is -0.506 e. The van der Waals surface area contributed by atoms with E-state index >= 15 is 0 Å². The van der Waals surface area contributed by atoms with Gasteiger partial charge < -0.3 is 10.2 Å². The molecule has 1 saturated heterocycles. The number of aromatic hydroxyl groups is 1. The summed E-state index contributed by atoms with van der Waals surface area (Å²) in [4.78, 5) is 10.9. The van der Waals surface area contributed by atoms with Crippen molar-refractivity contribution in [3.05, 3.63) is 23.8 Å². The minimum atomic E-state index is -3.82. The van der Waals surface area contributed by atoms with E-state index in [9.17, 15) is 18.3 Å². The van der Waals surface area contributed by atoms with Gasteiger partial charge >= 0.3 is 16.2 Å². The van der Waals surface area contributed by atoms with Crippen molar-refractivity contribution in [3.8, 4) is 5.75 Å². The van der Waals surface area contributed by atoms with Gasteiger partial charge in [0.15, 0.2) is 0 Å². The number of piperidine rings is 1. The van der Waals surface area contributed by atoms with Crippen molar-refractivity contribution in [2.75, 3.05) is 11.3 Å². The lowest BCUT2D eigenvalue weighted by Crippen LogP contribution is -2.44. The molecule has 0 radical (unpaired) electrons. The zero-order valence-electron chi connectivity index (χ0n) is 11.6. The highest BCUT2D eigenvalue weighted by Crippen LogP contribution is 2.28. The lowest BCUT2D eigenvalue weighted by Gasteiger charge is -2.32. The van der Waals surface area contributed by atoms with Crippen LogP contribution in [0.1, 0.15) is 36.5 Å². The number of rotatable bonds is 4. The monoisotopic (exact) mass is 314 g/mol. The number of benzene rings is 1. The quantitative estimate of drug-likeness (QED) is 0.732. The lowest BCUT2D eigenvalue weighted by atomic mass is 10.1. The molecule has 1 aromatic rings. The van der Waals surface area contributed by atoms with Crippen LogP contribution in [0.2, 0.25) is 0 Å². The summed E-state index contributed by atoms with van der Waals surface area (Å²) in [5.41, 5.74) is -0.232. The molecule has 1 fully saturated rings. The lowest BCUT2D eigenvalue weighted by molar-refractivity contribution is 0.0697. The Morgan fingerprint density at radius 2 is 2.10 bits per heavy atom. The zero-order valence-corrected chi connectivity index (χ0v) is 12.4. The van der Waals surface area contributed by atoms with Crippen LogP contribution in [0.5, 0.6) is 5.75 Å². The van der Waals surface area contributed by atoms with E-state index in [1.54, 1.807) is 0 Å². The summed E-state index contributed by atoms with van der Waals surface area (Å²) in [7, 11) is -3.82. The van der Waals surface area contributed by atoms with Crippen LogP contribution in [0.4, 0.5) is 5.69 Å². The zero-order chi connectivity index (χ0) is 15.6. The number of hydrogen-bond acceptors (Lipinski definition) is 4. The maximum atomic E-state index is 12.4. The van der Waals surface area contributed by atoms with Gasteiger partial charge in [0.05, 0.1) is 11.3 Å². The van der Waals surface area contributed by atoms with Crippen LogP contribution >= 0.6 is 0 Å². The normalized spacial score (nSPS) is 20.1. The first-order chi connectivity index (χ1) is 9.81. The Morgan fingerprint density at radius 1 is 1.38 bits per heavy atom. The molecule has 0 bridgehead atoms. The predicted octanol–water partition coefficient (Wildman–Crippen LogP) is 1.62. The largest absolute Gasteiger partial charge is 0.506 e. The first kappa shape index (κ1) is 15.6. The van der Waals surface area contributed by atoms with Crippen molar-refractivity contribution in [3.63, 3.8) is 0 Å². The third-order valence-corrected chi connectivity index (χ3v) is 5.17. The molecular formula is C13H18N2O5S. The van der Waals surface area contributed by atoms with Gasteiger partial charge in [-0.15, -0.1) is 0 Å².